The average molecular weight is 297 g/mol. The topological polar surface area (TPSA) is 56.7 Å². The van der Waals surface area contributed by atoms with E-state index in [1.54, 1.807) is 16.2 Å². The number of aromatic nitrogens is 1. The summed E-state index contributed by atoms with van der Waals surface area (Å²) in [6.45, 7) is 5.56. The van der Waals surface area contributed by atoms with Gasteiger partial charge < -0.3 is 14.9 Å². The second-order valence-electron chi connectivity index (χ2n) is 5.95. The van der Waals surface area contributed by atoms with Crippen molar-refractivity contribution >= 4 is 17.2 Å². The van der Waals surface area contributed by atoms with Crippen molar-refractivity contribution in [3.05, 3.63) is 15.6 Å². The molecule has 1 amide bonds. The van der Waals surface area contributed by atoms with Gasteiger partial charge in [0.25, 0.3) is 0 Å². The normalized spacial score (nSPS) is 22.8. The minimum absolute atomic E-state index is 0.0893. The van der Waals surface area contributed by atoms with E-state index in [0.29, 0.717) is 32.5 Å². The van der Waals surface area contributed by atoms with E-state index < -0.39 is 5.60 Å². The third-order valence-electron chi connectivity index (χ3n) is 3.61. The van der Waals surface area contributed by atoms with E-state index in [1.165, 1.54) is 0 Å². The molecule has 2 rings (SSSR count). The maximum Gasteiger partial charge on any atom is 0.227 e. The number of aliphatic hydroxyl groups is 1. The SMILES string of the molecule is Cc1nc(C)c(CC(=O)N2CC[C@@](O)(CN(C)C)C2)s1. The number of carbonyl (C=O) groups excluding carboxylic acids is 1. The van der Waals surface area contributed by atoms with E-state index in [1.807, 2.05) is 32.8 Å². The Hall–Kier alpha value is -0.980. The minimum atomic E-state index is -0.766. The Morgan fingerprint density at radius 3 is 2.75 bits per heavy atom. The van der Waals surface area contributed by atoms with E-state index in [9.17, 15) is 9.90 Å². The number of likely N-dealkylation sites (tertiary alicyclic amines) is 1. The molecule has 0 aliphatic carbocycles. The lowest BCUT2D eigenvalue weighted by molar-refractivity contribution is -0.130. The first kappa shape index (κ1) is 15.4. The van der Waals surface area contributed by atoms with Gasteiger partial charge in [-0.2, -0.15) is 0 Å². The van der Waals surface area contributed by atoms with Crippen LogP contribution in [0, 0.1) is 13.8 Å². The molecule has 0 aromatic carbocycles. The molecule has 0 radical (unpaired) electrons. The van der Waals surface area contributed by atoms with Gasteiger partial charge in [0.05, 0.1) is 29.3 Å². The predicted octanol–water partition coefficient (Wildman–Crippen LogP) is 0.827. The van der Waals surface area contributed by atoms with Crippen LogP contribution >= 0.6 is 11.3 Å². The number of nitrogens with zero attached hydrogens (tertiary/aromatic N) is 3. The molecule has 1 aliphatic heterocycles. The van der Waals surface area contributed by atoms with Crippen LogP contribution in [-0.4, -0.2) is 65.1 Å². The Morgan fingerprint density at radius 1 is 1.50 bits per heavy atom. The largest absolute Gasteiger partial charge is 0.387 e. The van der Waals surface area contributed by atoms with Crippen LogP contribution in [0.5, 0.6) is 0 Å². The van der Waals surface area contributed by atoms with E-state index in [0.717, 1.165) is 15.6 Å². The van der Waals surface area contributed by atoms with Crippen molar-refractivity contribution in [3.63, 3.8) is 0 Å². The zero-order valence-electron chi connectivity index (χ0n) is 12.6. The lowest BCUT2D eigenvalue weighted by Crippen LogP contribution is -2.43. The Balaban J connectivity index is 1.96. The predicted molar refractivity (Wildman–Crippen MR) is 80.0 cm³/mol. The summed E-state index contributed by atoms with van der Waals surface area (Å²) in [5, 5.41) is 11.5. The van der Waals surface area contributed by atoms with Crippen LogP contribution in [0.25, 0.3) is 0 Å². The maximum absolute atomic E-state index is 12.3. The second kappa shape index (κ2) is 5.79. The van der Waals surface area contributed by atoms with Crippen molar-refractivity contribution in [2.75, 3.05) is 33.7 Å². The molecule has 2 heterocycles. The summed E-state index contributed by atoms with van der Waals surface area (Å²) < 4.78 is 0. The number of amides is 1. The summed E-state index contributed by atoms with van der Waals surface area (Å²) in [4.78, 5) is 21.5. The average Bonchev–Trinajstić information content (AvgIpc) is 2.82. The molecule has 1 aliphatic rings. The molecule has 1 aromatic heterocycles. The summed E-state index contributed by atoms with van der Waals surface area (Å²) in [6, 6.07) is 0. The van der Waals surface area contributed by atoms with Crippen molar-refractivity contribution in [2.45, 2.75) is 32.3 Å². The van der Waals surface area contributed by atoms with Crippen molar-refractivity contribution in [3.8, 4) is 0 Å². The standard InChI is InChI=1S/C14H23N3O2S/c1-10-12(20-11(2)15-10)7-13(18)17-6-5-14(19,9-17)8-16(3)4/h19H,5-9H2,1-4H3/t14-/m1/s1. The van der Waals surface area contributed by atoms with Crippen LogP contribution in [0.2, 0.25) is 0 Å². The van der Waals surface area contributed by atoms with Gasteiger partial charge in [-0.25, -0.2) is 4.98 Å². The van der Waals surface area contributed by atoms with Crippen molar-refractivity contribution in [1.29, 1.82) is 0 Å². The lowest BCUT2D eigenvalue weighted by Gasteiger charge is -2.26. The van der Waals surface area contributed by atoms with E-state index in [-0.39, 0.29) is 5.91 Å². The van der Waals surface area contributed by atoms with Gasteiger partial charge >= 0.3 is 0 Å². The molecule has 0 spiro atoms. The van der Waals surface area contributed by atoms with Gasteiger partial charge in [-0.1, -0.05) is 0 Å². The summed E-state index contributed by atoms with van der Waals surface area (Å²) >= 11 is 1.58. The van der Waals surface area contributed by atoms with Crippen LogP contribution in [0.15, 0.2) is 0 Å². The lowest BCUT2D eigenvalue weighted by atomic mass is 10.0. The zero-order valence-corrected chi connectivity index (χ0v) is 13.5. The molecule has 1 saturated heterocycles. The van der Waals surface area contributed by atoms with Crippen molar-refractivity contribution in [1.82, 2.24) is 14.8 Å². The highest BCUT2D eigenvalue weighted by molar-refractivity contribution is 7.11. The Kier molecular flexibility index (Phi) is 4.46. The van der Waals surface area contributed by atoms with Gasteiger partial charge in [0.1, 0.15) is 0 Å². The van der Waals surface area contributed by atoms with Gasteiger partial charge in [-0.15, -0.1) is 11.3 Å². The number of β-amino-alcohol motifs (C(OH)–C–C–N with tert-alkyl or cyclic N) is 1. The molecule has 20 heavy (non-hydrogen) atoms. The molecule has 0 bridgehead atoms. The number of thiazole rings is 1. The van der Waals surface area contributed by atoms with E-state index in [2.05, 4.69) is 4.98 Å². The number of likely N-dealkylation sites (N-methyl/N-ethyl adjacent to an activating group) is 1. The molecule has 0 saturated carbocycles. The highest BCUT2D eigenvalue weighted by Gasteiger charge is 2.38. The molecule has 1 aromatic rings. The first-order valence-electron chi connectivity index (χ1n) is 6.87. The Bertz CT molecular complexity index is 501. The molecular formula is C14H23N3O2S. The summed E-state index contributed by atoms with van der Waals surface area (Å²) in [5.41, 5.74) is 0.182. The van der Waals surface area contributed by atoms with Gasteiger partial charge in [0.15, 0.2) is 0 Å². The number of aryl methyl sites for hydroxylation is 2. The van der Waals surface area contributed by atoms with Crippen molar-refractivity contribution in [2.24, 2.45) is 0 Å². The Labute approximate surface area is 124 Å². The third kappa shape index (κ3) is 3.56. The minimum Gasteiger partial charge on any atom is -0.387 e. The summed E-state index contributed by atoms with van der Waals surface area (Å²) in [6.07, 6.45) is 1.05. The first-order chi connectivity index (χ1) is 9.29. The first-order valence-corrected chi connectivity index (χ1v) is 7.68. The zero-order chi connectivity index (χ0) is 14.9. The van der Waals surface area contributed by atoms with Gasteiger partial charge in [-0.05, 0) is 34.4 Å². The number of rotatable bonds is 4. The monoisotopic (exact) mass is 297 g/mol. The Morgan fingerprint density at radius 2 is 2.20 bits per heavy atom. The number of carbonyl (C=O) groups is 1. The van der Waals surface area contributed by atoms with Gasteiger partial charge in [0.2, 0.25) is 5.91 Å². The number of hydrogen-bond acceptors (Lipinski definition) is 5. The molecule has 5 nitrogen and oxygen atoms in total. The molecule has 1 atom stereocenters. The summed E-state index contributed by atoms with van der Waals surface area (Å²) in [7, 11) is 3.87. The number of hydrogen-bond donors (Lipinski definition) is 1. The fraction of sp³-hybridized carbons (Fsp3) is 0.714. The van der Waals surface area contributed by atoms with Crippen molar-refractivity contribution < 1.29 is 9.90 Å². The second-order valence-corrected chi connectivity index (χ2v) is 7.23. The van der Waals surface area contributed by atoms with Crippen LogP contribution in [0.3, 0.4) is 0 Å². The molecule has 1 N–H and O–H groups in total. The molecule has 112 valence electrons. The van der Waals surface area contributed by atoms with Crippen LogP contribution in [0.4, 0.5) is 0 Å². The maximum atomic E-state index is 12.3. The fourth-order valence-corrected chi connectivity index (χ4v) is 3.70. The van der Waals surface area contributed by atoms with Crippen LogP contribution < -0.4 is 0 Å². The molecule has 0 unspecified atom stereocenters. The van der Waals surface area contributed by atoms with Gasteiger partial charge in [0, 0.05) is 18.0 Å². The summed E-state index contributed by atoms with van der Waals surface area (Å²) in [5.74, 6) is 0.0893. The smallest absolute Gasteiger partial charge is 0.227 e. The van der Waals surface area contributed by atoms with Crippen LogP contribution in [-0.2, 0) is 11.2 Å². The molecule has 6 heteroatoms. The van der Waals surface area contributed by atoms with Crippen LogP contribution in [0.1, 0.15) is 22.0 Å². The quantitative estimate of drug-likeness (QED) is 0.894. The fourth-order valence-electron chi connectivity index (χ4n) is 2.77. The highest BCUT2D eigenvalue weighted by atomic mass is 32.1. The van der Waals surface area contributed by atoms with E-state index in [4.69, 9.17) is 0 Å². The molecule has 1 fully saturated rings. The van der Waals surface area contributed by atoms with E-state index >= 15 is 0 Å². The third-order valence-corrected chi connectivity index (χ3v) is 4.68. The van der Waals surface area contributed by atoms with Gasteiger partial charge in [-0.3, -0.25) is 4.79 Å². The highest BCUT2D eigenvalue weighted by Crippen LogP contribution is 2.24. The molecular weight excluding hydrogens is 274 g/mol.